The number of hydrogen-bond donors (Lipinski definition) is 1. The molecule has 2 atom stereocenters. The van der Waals surface area contributed by atoms with Crippen molar-refractivity contribution in [3.63, 3.8) is 0 Å². The fourth-order valence-electron chi connectivity index (χ4n) is 4.27. The molecule has 0 saturated carbocycles. The molecule has 3 rings (SSSR count). The summed E-state index contributed by atoms with van der Waals surface area (Å²) in [5.41, 5.74) is 3.90. The van der Waals surface area contributed by atoms with Gasteiger partial charge in [0.15, 0.2) is 0 Å². The summed E-state index contributed by atoms with van der Waals surface area (Å²) < 4.78 is 32.6. The van der Waals surface area contributed by atoms with Crippen molar-refractivity contribution < 1.29 is 17.9 Å². The fraction of sp³-hybridized carbons (Fsp3) is 0.458. The Balaban J connectivity index is 1.93. The van der Waals surface area contributed by atoms with Gasteiger partial charge in [-0.3, -0.25) is 9.10 Å². The quantitative estimate of drug-likeness (QED) is 0.750. The van der Waals surface area contributed by atoms with Gasteiger partial charge in [-0.2, -0.15) is 0 Å². The molecule has 31 heavy (non-hydrogen) atoms. The first-order valence-corrected chi connectivity index (χ1v) is 12.3. The third-order valence-corrected chi connectivity index (χ3v) is 6.73. The second kappa shape index (κ2) is 8.19. The van der Waals surface area contributed by atoms with Crippen molar-refractivity contribution in [3.05, 3.63) is 58.7 Å². The van der Waals surface area contributed by atoms with Crippen molar-refractivity contribution in [1.29, 1.82) is 0 Å². The van der Waals surface area contributed by atoms with E-state index in [0.29, 0.717) is 12.1 Å². The number of anilines is 1. The fourth-order valence-corrected chi connectivity index (χ4v) is 5.43. The van der Waals surface area contributed by atoms with Crippen LogP contribution in [0.2, 0.25) is 0 Å². The lowest BCUT2D eigenvalue weighted by Gasteiger charge is -2.39. The molecule has 0 radical (unpaired) electrons. The third-order valence-electron chi connectivity index (χ3n) is 5.49. The van der Waals surface area contributed by atoms with E-state index in [2.05, 4.69) is 5.32 Å². The van der Waals surface area contributed by atoms with Crippen LogP contribution in [0.4, 0.5) is 5.69 Å². The number of carbonyl (C=O) groups excluding carboxylic acids is 1. The van der Waals surface area contributed by atoms with Gasteiger partial charge in [0.05, 0.1) is 18.0 Å². The number of benzene rings is 2. The monoisotopic (exact) mass is 444 g/mol. The molecule has 1 aliphatic heterocycles. The van der Waals surface area contributed by atoms with Crippen molar-refractivity contribution >= 4 is 21.6 Å². The molecule has 1 aliphatic rings. The highest BCUT2D eigenvalue weighted by molar-refractivity contribution is 7.92. The van der Waals surface area contributed by atoms with Crippen molar-refractivity contribution in [2.75, 3.05) is 10.6 Å². The van der Waals surface area contributed by atoms with Crippen molar-refractivity contribution in [3.8, 4) is 5.75 Å². The van der Waals surface area contributed by atoms with Gasteiger partial charge >= 0.3 is 0 Å². The van der Waals surface area contributed by atoms with Gasteiger partial charge in [0.1, 0.15) is 17.4 Å². The Bertz CT molecular complexity index is 1090. The predicted molar refractivity (Wildman–Crippen MR) is 124 cm³/mol. The lowest BCUT2D eigenvalue weighted by atomic mass is 9.89. The van der Waals surface area contributed by atoms with Crippen LogP contribution in [-0.4, -0.2) is 32.2 Å². The first-order valence-electron chi connectivity index (χ1n) is 10.4. The minimum atomic E-state index is -3.68. The van der Waals surface area contributed by atoms with Gasteiger partial charge in [-0.1, -0.05) is 18.2 Å². The molecule has 0 spiro atoms. The lowest BCUT2D eigenvalue weighted by Crippen LogP contribution is -2.50. The Kier molecular flexibility index (Phi) is 6.11. The van der Waals surface area contributed by atoms with E-state index >= 15 is 0 Å². The highest BCUT2D eigenvalue weighted by Crippen LogP contribution is 2.40. The molecular formula is C24H32N2O4S. The van der Waals surface area contributed by atoms with Gasteiger partial charge in [0, 0.05) is 12.0 Å². The Morgan fingerprint density at radius 2 is 1.71 bits per heavy atom. The molecule has 2 aromatic rings. The van der Waals surface area contributed by atoms with E-state index in [9.17, 15) is 13.2 Å². The van der Waals surface area contributed by atoms with E-state index in [-0.39, 0.29) is 11.9 Å². The zero-order chi connectivity index (χ0) is 23.1. The van der Waals surface area contributed by atoms with E-state index in [4.69, 9.17) is 4.74 Å². The standard InChI is InChI=1S/C24H32N2O4S/c1-15-8-9-20-21(14-24(5,6)30-22(20)13-15)25-23(27)18(4)26(31(7,28)29)19-11-16(2)10-17(3)12-19/h8-13,18,21H,14H2,1-7H3,(H,25,27)/t18-,21+/m0/s1. The van der Waals surface area contributed by atoms with E-state index in [1.807, 2.05) is 58.9 Å². The number of carbonyl (C=O) groups is 1. The van der Waals surface area contributed by atoms with Crippen LogP contribution in [-0.2, 0) is 14.8 Å². The van der Waals surface area contributed by atoms with Crippen molar-refractivity contribution in [2.24, 2.45) is 0 Å². The smallest absolute Gasteiger partial charge is 0.244 e. The summed E-state index contributed by atoms with van der Waals surface area (Å²) in [6.45, 7) is 11.4. The lowest BCUT2D eigenvalue weighted by molar-refractivity contribution is -0.123. The first-order chi connectivity index (χ1) is 14.3. The molecule has 0 aromatic heterocycles. The van der Waals surface area contributed by atoms with E-state index in [1.54, 1.807) is 19.1 Å². The maximum absolute atomic E-state index is 13.3. The number of fused-ring (bicyclic) bond motifs is 1. The summed E-state index contributed by atoms with van der Waals surface area (Å²) in [5.74, 6) is 0.405. The topological polar surface area (TPSA) is 75.7 Å². The van der Waals surface area contributed by atoms with Crippen LogP contribution in [0.25, 0.3) is 0 Å². The third kappa shape index (κ3) is 5.21. The maximum atomic E-state index is 13.3. The molecule has 6 nitrogen and oxygen atoms in total. The molecule has 1 amide bonds. The minimum Gasteiger partial charge on any atom is -0.487 e. The van der Waals surface area contributed by atoms with Gasteiger partial charge in [-0.05, 0) is 76.4 Å². The molecule has 0 unspecified atom stereocenters. The molecule has 0 saturated heterocycles. The normalized spacial score (nSPS) is 18.5. The Hall–Kier alpha value is -2.54. The van der Waals surface area contributed by atoms with Crippen LogP contribution in [0.3, 0.4) is 0 Å². The molecule has 0 bridgehead atoms. The zero-order valence-electron chi connectivity index (χ0n) is 19.3. The molecule has 7 heteroatoms. The maximum Gasteiger partial charge on any atom is 0.244 e. The van der Waals surface area contributed by atoms with Crippen LogP contribution >= 0.6 is 0 Å². The second-order valence-corrected chi connectivity index (χ2v) is 11.1. The van der Waals surface area contributed by atoms with Gasteiger partial charge < -0.3 is 10.1 Å². The summed E-state index contributed by atoms with van der Waals surface area (Å²) >= 11 is 0. The van der Waals surface area contributed by atoms with Crippen molar-refractivity contribution in [1.82, 2.24) is 5.32 Å². The van der Waals surface area contributed by atoms with E-state index in [1.165, 1.54) is 4.31 Å². The average Bonchev–Trinajstić information content (AvgIpc) is 2.58. The van der Waals surface area contributed by atoms with Gasteiger partial charge in [0.25, 0.3) is 0 Å². The first kappa shape index (κ1) is 23.1. The second-order valence-electron chi connectivity index (χ2n) is 9.25. The van der Waals surface area contributed by atoms with Crippen LogP contribution in [0.5, 0.6) is 5.75 Å². The summed E-state index contributed by atoms with van der Waals surface area (Å²) in [6.07, 6.45) is 1.72. The largest absolute Gasteiger partial charge is 0.487 e. The zero-order valence-corrected chi connectivity index (χ0v) is 20.1. The van der Waals surface area contributed by atoms with Gasteiger partial charge in [-0.15, -0.1) is 0 Å². The molecule has 1 heterocycles. The molecule has 1 N–H and O–H groups in total. The van der Waals surface area contributed by atoms with Crippen LogP contribution in [0.1, 0.15) is 55.5 Å². The molecule has 0 aliphatic carbocycles. The summed E-state index contributed by atoms with van der Waals surface area (Å²) in [6, 6.07) is 10.3. The number of rotatable bonds is 5. The number of aryl methyl sites for hydroxylation is 3. The van der Waals surface area contributed by atoms with Crippen LogP contribution in [0.15, 0.2) is 36.4 Å². The molecule has 0 fully saturated rings. The summed E-state index contributed by atoms with van der Waals surface area (Å²) in [7, 11) is -3.68. The highest BCUT2D eigenvalue weighted by atomic mass is 32.2. The molecular weight excluding hydrogens is 412 g/mol. The predicted octanol–water partition coefficient (Wildman–Crippen LogP) is 4.18. The van der Waals surface area contributed by atoms with E-state index in [0.717, 1.165) is 34.3 Å². The Labute approximate surface area is 185 Å². The Morgan fingerprint density at radius 1 is 1.10 bits per heavy atom. The van der Waals surface area contributed by atoms with Gasteiger partial charge in [-0.25, -0.2) is 8.42 Å². The number of hydrogen-bond acceptors (Lipinski definition) is 4. The molecule has 2 aromatic carbocycles. The summed E-state index contributed by atoms with van der Waals surface area (Å²) in [4.78, 5) is 13.3. The average molecular weight is 445 g/mol. The number of nitrogens with zero attached hydrogens (tertiary/aromatic N) is 1. The number of ether oxygens (including phenoxy) is 1. The number of nitrogens with one attached hydrogen (secondary N) is 1. The van der Waals surface area contributed by atoms with Crippen LogP contribution in [0, 0.1) is 20.8 Å². The van der Waals surface area contributed by atoms with Crippen LogP contribution < -0.4 is 14.4 Å². The highest BCUT2D eigenvalue weighted by Gasteiger charge is 2.37. The number of amides is 1. The SMILES string of the molecule is Cc1cc(C)cc(N([C@@H](C)C(=O)N[C@@H]2CC(C)(C)Oc3cc(C)ccc32)S(C)(=O)=O)c1. The molecule has 168 valence electrons. The summed E-state index contributed by atoms with van der Waals surface area (Å²) in [5, 5.41) is 3.08. The van der Waals surface area contributed by atoms with Gasteiger partial charge in [0.2, 0.25) is 15.9 Å². The van der Waals surface area contributed by atoms with E-state index < -0.39 is 21.7 Å². The van der Waals surface area contributed by atoms with Crippen molar-refractivity contribution in [2.45, 2.75) is 65.6 Å². The Morgan fingerprint density at radius 3 is 2.29 bits per heavy atom. The number of sulfonamides is 1. The minimum absolute atomic E-state index is 0.269.